The van der Waals surface area contributed by atoms with Crippen LogP contribution in [0.15, 0.2) is 18.2 Å². The summed E-state index contributed by atoms with van der Waals surface area (Å²) >= 11 is 0. The van der Waals surface area contributed by atoms with E-state index in [2.05, 4.69) is 5.32 Å². The molecule has 1 aliphatic rings. The quantitative estimate of drug-likeness (QED) is 0.866. The van der Waals surface area contributed by atoms with E-state index >= 15 is 0 Å². The molecule has 1 fully saturated rings. The highest BCUT2D eigenvalue weighted by Gasteiger charge is 2.19. The number of hydrogen-bond acceptors (Lipinski definition) is 2. The van der Waals surface area contributed by atoms with Gasteiger partial charge in [0.05, 0.1) is 6.10 Å². The minimum absolute atomic E-state index is 0.162. The molecule has 2 atom stereocenters. The lowest BCUT2D eigenvalue weighted by Gasteiger charge is -2.20. The highest BCUT2D eigenvalue weighted by molar-refractivity contribution is 5.29. The zero-order chi connectivity index (χ0) is 13.0. The second kappa shape index (κ2) is 6.30. The first kappa shape index (κ1) is 13.5. The highest BCUT2D eigenvalue weighted by Crippen LogP contribution is 2.26. The van der Waals surface area contributed by atoms with Crippen LogP contribution in [-0.4, -0.2) is 19.8 Å². The fourth-order valence-corrected chi connectivity index (χ4v) is 2.71. The minimum atomic E-state index is -0.162. The molecule has 0 amide bonds. The van der Waals surface area contributed by atoms with Gasteiger partial charge in [0.2, 0.25) is 0 Å². The summed E-state index contributed by atoms with van der Waals surface area (Å²) in [4.78, 5) is 0. The number of rotatable bonds is 5. The molecule has 0 aromatic heterocycles. The van der Waals surface area contributed by atoms with Crippen molar-refractivity contribution >= 4 is 0 Å². The highest BCUT2D eigenvalue weighted by atomic mass is 19.1. The van der Waals surface area contributed by atoms with E-state index in [1.54, 1.807) is 12.1 Å². The van der Waals surface area contributed by atoms with E-state index < -0.39 is 0 Å². The summed E-state index contributed by atoms with van der Waals surface area (Å²) in [7, 11) is 1.96. The van der Waals surface area contributed by atoms with Crippen LogP contribution in [0.4, 0.5) is 4.39 Å². The predicted molar refractivity (Wildman–Crippen MR) is 71.1 cm³/mol. The van der Waals surface area contributed by atoms with Crippen molar-refractivity contribution in [2.45, 2.75) is 44.8 Å². The van der Waals surface area contributed by atoms with E-state index in [9.17, 15) is 4.39 Å². The number of hydrogen-bond donors (Lipinski definition) is 1. The normalized spacial score (nSPS) is 21.2. The van der Waals surface area contributed by atoms with Gasteiger partial charge in [-0.25, -0.2) is 4.39 Å². The zero-order valence-electron chi connectivity index (χ0n) is 11.2. The van der Waals surface area contributed by atoms with Crippen LogP contribution in [0.2, 0.25) is 0 Å². The average molecular weight is 251 g/mol. The van der Waals surface area contributed by atoms with Crippen LogP contribution < -0.4 is 5.32 Å². The van der Waals surface area contributed by atoms with Gasteiger partial charge in [-0.05, 0) is 62.9 Å². The van der Waals surface area contributed by atoms with Crippen molar-refractivity contribution in [2.75, 3.05) is 13.7 Å². The van der Waals surface area contributed by atoms with Gasteiger partial charge < -0.3 is 10.1 Å². The van der Waals surface area contributed by atoms with Gasteiger partial charge in [0.25, 0.3) is 0 Å². The first-order chi connectivity index (χ1) is 8.70. The molecule has 0 bridgehead atoms. The Bertz CT molecular complexity index is 388. The summed E-state index contributed by atoms with van der Waals surface area (Å²) in [5.41, 5.74) is 2.21. The Hall–Kier alpha value is -0.930. The van der Waals surface area contributed by atoms with Crippen LogP contribution in [0.3, 0.4) is 0 Å². The summed E-state index contributed by atoms with van der Waals surface area (Å²) in [6, 6.07) is 5.32. The maximum absolute atomic E-state index is 13.1. The molecule has 2 nitrogen and oxygen atoms in total. The van der Waals surface area contributed by atoms with Gasteiger partial charge in [-0.3, -0.25) is 0 Å². The van der Waals surface area contributed by atoms with Crippen LogP contribution in [0, 0.1) is 12.7 Å². The standard InChI is InChI=1S/C15H22FNO/c1-11-10-12(16)5-7-14(11)15(17-2)8-6-13-4-3-9-18-13/h5,7,10,13,15,17H,3-4,6,8-9H2,1-2H3. The Morgan fingerprint density at radius 3 is 2.94 bits per heavy atom. The van der Waals surface area contributed by atoms with E-state index in [0.29, 0.717) is 6.10 Å². The van der Waals surface area contributed by atoms with E-state index in [4.69, 9.17) is 4.74 Å². The molecule has 1 aromatic carbocycles. The summed E-state index contributed by atoms with van der Waals surface area (Å²) < 4.78 is 18.8. The Morgan fingerprint density at radius 2 is 2.33 bits per heavy atom. The Labute approximate surface area is 109 Å². The second-order valence-electron chi connectivity index (χ2n) is 5.05. The minimum Gasteiger partial charge on any atom is -0.378 e. The van der Waals surface area contributed by atoms with E-state index in [0.717, 1.165) is 25.0 Å². The van der Waals surface area contributed by atoms with Crippen molar-refractivity contribution in [1.82, 2.24) is 5.32 Å². The van der Waals surface area contributed by atoms with Gasteiger partial charge in [-0.2, -0.15) is 0 Å². The molecule has 0 radical (unpaired) electrons. The first-order valence-electron chi connectivity index (χ1n) is 6.75. The first-order valence-corrected chi connectivity index (χ1v) is 6.75. The third kappa shape index (κ3) is 3.30. The molecule has 100 valence electrons. The number of benzene rings is 1. The lowest BCUT2D eigenvalue weighted by atomic mass is 9.96. The van der Waals surface area contributed by atoms with Crippen LogP contribution in [0.1, 0.15) is 42.9 Å². The molecule has 1 aromatic rings. The van der Waals surface area contributed by atoms with Crippen molar-refractivity contribution in [3.63, 3.8) is 0 Å². The smallest absolute Gasteiger partial charge is 0.123 e. The van der Waals surface area contributed by atoms with Crippen molar-refractivity contribution < 1.29 is 9.13 Å². The third-order valence-corrected chi connectivity index (χ3v) is 3.76. The zero-order valence-corrected chi connectivity index (χ0v) is 11.2. The van der Waals surface area contributed by atoms with Crippen molar-refractivity contribution in [2.24, 2.45) is 0 Å². The van der Waals surface area contributed by atoms with E-state index in [-0.39, 0.29) is 11.9 Å². The van der Waals surface area contributed by atoms with Crippen LogP contribution in [-0.2, 0) is 4.74 Å². The Morgan fingerprint density at radius 1 is 1.50 bits per heavy atom. The largest absolute Gasteiger partial charge is 0.378 e. The molecule has 3 heteroatoms. The fourth-order valence-electron chi connectivity index (χ4n) is 2.71. The third-order valence-electron chi connectivity index (χ3n) is 3.76. The van der Waals surface area contributed by atoms with Crippen LogP contribution in [0.5, 0.6) is 0 Å². The summed E-state index contributed by atoms with van der Waals surface area (Å²) in [6.45, 7) is 2.87. The SMILES string of the molecule is CNC(CCC1CCCO1)c1ccc(F)cc1C. The molecule has 1 saturated heterocycles. The van der Waals surface area contributed by atoms with Gasteiger partial charge in [0.15, 0.2) is 0 Å². The van der Waals surface area contributed by atoms with Crippen LogP contribution in [0.25, 0.3) is 0 Å². The Balaban J connectivity index is 1.98. The molecule has 1 heterocycles. The molecule has 1 aliphatic heterocycles. The molecule has 18 heavy (non-hydrogen) atoms. The maximum atomic E-state index is 13.1. The fraction of sp³-hybridized carbons (Fsp3) is 0.600. The van der Waals surface area contributed by atoms with Gasteiger partial charge in [0, 0.05) is 12.6 Å². The maximum Gasteiger partial charge on any atom is 0.123 e. The van der Waals surface area contributed by atoms with Crippen molar-refractivity contribution in [3.8, 4) is 0 Å². The van der Waals surface area contributed by atoms with Crippen molar-refractivity contribution in [3.05, 3.63) is 35.1 Å². The monoisotopic (exact) mass is 251 g/mol. The van der Waals surface area contributed by atoms with E-state index in [1.165, 1.54) is 18.4 Å². The number of ether oxygens (including phenoxy) is 1. The number of nitrogens with one attached hydrogen (secondary N) is 1. The topological polar surface area (TPSA) is 21.3 Å². The summed E-state index contributed by atoms with van der Waals surface area (Å²) in [5.74, 6) is -0.162. The van der Waals surface area contributed by atoms with Crippen LogP contribution >= 0.6 is 0 Å². The average Bonchev–Trinajstić information content (AvgIpc) is 2.85. The molecular formula is C15H22FNO. The molecule has 0 saturated carbocycles. The summed E-state index contributed by atoms with van der Waals surface area (Å²) in [6.07, 6.45) is 4.89. The molecule has 0 aliphatic carbocycles. The predicted octanol–water partition coefficient (Wildman–Crippen LogP) is 3.35. The lowest BCUT2D eigenvalue weighted by molar-refractivity contribution is 0.0998. The molecule has 1 N–H and O–H groups in total. The molecule has 2 rings (SSSR count). The second-order valence-corrected chi connectivity index (χ2v) is 5.05. The number of halogens is 1. The van der Waals surface area contributed by atoms with Gasteiger partial charge in [-0.15, -0.1) is 0 Å². The number of aryl methyl sites for hydroxylation is 1. The summed E-state index contributed by atoms with van der Waals surface area (Å²) in [5, 5.41) is 3.32. The molecule has 2 unspecified atom stereocenters. The van der Waals surface area contributed by atoms with Gasteiger partial charge >= 0.3 is 0 Å². The molecular weight excluding hydrogens is 229 g/mol. The molecule has 0 spiro atoms. The van der Waals surface area contributed by atoms with Crippen molar-refractivity contribution in [1.29, 1.82) is 0 Å². The lowest BCUT2D eigenvalue weighted by Crippen LogP contribution is -2.19. The van der Waals surface area contributed by atoms with Gasteiger partial charge in [-0.1, -0.05) is 6.07 Å². The van der Waals surface area contributed by atoms with Gasteiger partial charge in [0.1, 0.15) is 5.82 Å². The van der Waals surface area contributed by atoms with E-state index in [1.807, 2.05) is 20.0 Å². The Kier molecular flexibility index (Phi) is 4.72.